The molecule has 0 saturated heterocycles. The third-order valence-electron chi connectivity index (χ3n) is 3.58. The summed E-state index contributed by atoms with van der Waals surface area (Å²) in [6.07, 6.45) is 4.86. The van der Waals surface area contributed by atoms with Crippen LogP contribution in [0.4, 0.5) is 0 Å². The number of thioether (sulfide) groups is 1. The van der Waals surface area contributed by atoms with E-state index >= 15 is 0 Å². The highest BCUT2D eigenvalue weighted by Crippen LogP contribution is 2.27. The van der Waals surface area contributed by atoms with Crippen molar-refractivity contribution in [2.24, 2.45) is 5.10 Å². The zero-order chi connectivity index (χ0) is 19.9. The van der Waals surface area contributed by atoms with Gasteiger partial charge in [-0.05, 0) is 30.7 Å². The minimum atomic E-state index is -0.948. The van der Waals surface area contributed by atoms with Gasteiger partial charge in [0.1, 0.15) is 18.1 Å². The van der Waals surface area contributed by atoms with Crippen molar-refractivity contribution in [1.82, 2.24) is 14.9 Å². The van der Waals surface area contributed by atoms with Crippen molar-refractivity contribution in [3.63, 3.8) is 0 Å². The summed E-state index contributed by atoms with van der Waals surface area (Å²) in [5.74, 6) is 0.728. The van der Waals surface area contributed by atoms with Gasteiger partial charge in [0.2, 0.25) is 5.16 Å². The molecule has 0 fully saturated rings. The summed E-state index contributed by atoms with van der Waals surface area (Å²) in [7, 11) is 0. The first kappa shape index (κ1) is 19.4. The van der Waals surface area contributed by atoms with Crippen molar-refractivity contribution in [2.75, 3.05) is 12.4 Å². The van der Waals surface area contributed by atoms with Crippen LogP contribution in [0.5, 0.6) is 5.75 Å². The third kappa shape index (κ3) is 4.68. The smallest absolute Gasteiger partial charge is 0.313 e. The second-order valence-corrected chi connectivity index (χ2v) is 6.55. The number of nitrogens with zero attached hydrogens (tertiary/aromatic N) is 4. The lowest BCUT2D eigenvalue weighted by Gasteiger charge is -2.05. The Morgan fingerprint density at radius 2 is 2.29 bits per heavy atom. The molecule has 1 N–H and O–H groups in total. The molecule has 0 saturated carbocycles. The van der Waals surface area contributed by atoms with Gasteiger partial charge in [0.05, 0.1) is 23.8 Å². The van der Waals surface area contributed by atoms with Gasteiger partial charge in [-0.15, -0.1) is 10.2 Å². The average Bonchev–Trinajstić information content (AvgIpc) is 3.28. The number of carboxylic acids is 1. The second-order valence-electron chi connectivity index (χ2n) is 5.61. The molecule has 8 nitrogen and oxygen atoms in total. The van der Waals surface area contributed by atoms with Gasteiger partial charge >= 0.3 is 5.97 Å². The second kappa shape index (κ2) is 9.05. The molecule has 0 aliphatic rings. The minimum Gasteiger partial charge on any atom is -0.490 e. The first-order chi connectivity index (χ1) is 13.6. The van der Waals surface area contributed by atoms with Crippen LogP contribution in [0.25, 0.3) is 11.4 Å². The minimum absolute atomic E-state index is 0.150. The first-order valence-electron chi connectivity index (χ1n) is 8.31. The van der Waals surface area contributed by atoms with Gasteiger partial charge in [-0.3, -0.25) is 4.79 Å². The maximum Gasteiger partial charge on any atom is 0.313 e. The Kier molecular flexibility index (Phi) is 6.28. The average molecular weight is 398 g/mol. The summed E-state index contributed by atoms with van der Waals surface area (Å²) in [5, 5.41) is 22.0. The number of hydrogen-bond donors (Lipinski definition) is 1. The Bertz CT molecular complexity index is 1010. The molecular weight excluding hydrogens is 380 g/mol. The number of aliphatic carboxylic acids is 1. The van der Waals surface area contributed by atoms with Crippen LogP contribution < -0.4 is 4.74 Å². The lowest BCUT2D eigenvalue weighted by atomic mass is 10.2. The van der Waals surface area contributed by atoms with E-state index in [-0.39, 0.29) is 5.75 Å². The maximum absolute atomic E-state index is 10.9. The SMILES string of the molecule is C=CCOc1cccc(/C=N\n2c(SCC(=O)O)nnc2-c2ccoc2C)c1. The van der Waals surface area contributed by atoms with Crippen LogP contribution in [0, 0.1) is 6.92 Å². The van der Waals surface area contributed by atoms with Crippen LogP contribution in [-0.4, -0.2) is 44.5 Å². The van der Waals surface area contributed by atoms with E-state index in [9.17, 15) is 4.79 Å². The van der Waals surface area contributed by atoms with Crippen LogP contribution in [-0.2, 0) is 4.79 Å². The summed E-state index contributed by atoms with van der Waals surface area (Å²) in [5.41, 5.74) is 1.54. The molecule has 28 heavy (non-hydrogen) atoms. The first-order valence-corrected chi connectivity index (χ1v) is 9.29. The van der Waals surface area contributed by atoms with Gasteiger partial charge in [0.15, 0.2) is 5.82 Å². The number of aryl methyl sites for hydroxylation is 1. The molecule has 0 bridgehead atoms. The van der Waals surface area contributed by atoms with E-state index in [4.69, 9.17) is 14.3 Å². The van der Waals surface area contributed by atoms with E-state index in [0.29, 0.717) is 29.1 Å². The van der Waals surface area contributed by atoms with Crippen molar-refractivity contribution >= 4 is 23.9 Å². The molecule has 144 valence electrons. The van der Waals surface area contributed by atoms with E-state index in [2.05, 4.69) is 21.9 Å². The standard InChI is InChI=1S/C19H18N4O4S/c1-3-8-27-15-6-4-5-14(10-15)11-20-23-18(16-7-9-26-13(16)2)21-22-19(23)28-12-17(24)25/h3-7,9-11H,1,8,12H2,2H3,(H,24,25)/b20-11-. The zero-order valence-corrected chi connectivity index (χ0v) is 15.9. The number of hydrogen-bond acceptors (Lipinski definition) is 7. The molecule has 0 radical (unpaired) electrons. The van der Waals surface area contributed by atoms with Gasteiger partial charge in [0, 0.05) is 0 Å². The molecule has 0 amide bonds. The molecule has 0 unspecified atom stereocenters. The number of carbonyl (C=O) groups is 1. The number of carboxylic acid groups (broad SMARTS) is 1. The fraction of sp³-hybridized carbons (Fsp3) is 0.158. The quantitative estimate of drug-likeness (QED) is 0.334. The molecule has 1 aromatic carbocycles. The summed E-state index contributed by atoms with van der Waals surface area (Å²) in [4.78, 5) is 10.9. The molecule has 3 rings (SSSR count). The van der Waals surface area contributed by atoms with Crippen molar-refractivity contribution in [3.8, 4) is 17.1 Å². The van der Waals surface area contributed by atoms with Crippen LogP contribution in [0.1, 0.15) is 11.3 Å². The zero-order valence-electron chi connectivity index (χ0n) is 15.1. The fourth-order valence-electron chi connectivity index (χ4n) is 2.33. The lowest BCUT2D eigenvalue weighted by Crippen LogP contribution is -2.02. The van der Waals surface area contributed by atoms with E-state index in [0.717, 1.165) is 22.9 Å². The number of aromatic nitrogens is 3. The summed E-state index contributed by atoms with van der Waals surface area (Å²) in [6, 6.07) is 9.17. The number of ether oxygens (including phenoxy) is 1. The van der Waals surface area contributed by atoms with E-state index in [1.165, 1.54) is 4.68 Å². The predicted molar refractivity (Wildman–Crippen MR) is 106 cm³/mol. The normalized spacial score (nSPS) is 11.0. The Morgan fingerprint density at radius 1 is 1.43 bits per heavy atom. The van der Waals surface area contributed by atoms with Crippen LogP contribution >= 0.6 is 11.8 Å². The van der Waals surface area contributed by atoms with Crippen molar-refractivity contribution in [3.05, 3.63) is 60.6 Å². The highest BCUT2D eigenvalue weighted by molar-refractivity contribution is 7.99. The fourth-order valence-corrected chi connectivity index (χ4v) is 2.94. The summed E-state index contributed by atoms with van der Waals surface area (Å²) < 4.78 is 12.4. The van der Waals surface area contributed by atoms with Gasteiger partial charge in [-0.25, -0.2) is 0 Å². The van der Waals surface area contributed by atoms with Gasteiger partial charge in [-0.2, -0.15) is 9.78 Å². The summed E-state index contributed by atoms with van der Waals surface area (Å²) >= 11 is 1.04. The van der Waals surface area contributed by atoms with Crippen LogP contribution in [0.2, 0.25) is 0 Å². The number of furan rings is 1. The Balaban J connectivity index is 1.93. The Hall–Kier alpha value is -3.33. The molecular formula is C19H18N4O4S. The number of benzene rings is 1. The Labute approximate surface area is 165 Å². The topological polar surface area (TPSA) is 103 Å². The highest BCUT2D eigenvalue weighted by Gasteiger charge is 2.18. The van der Waals surface area contributed by atoms with Crippen molar-refractivity contribution < 1.29 is 19.1 Å². The van der Waals surface area contributed by atoms with Gasteiger partial charge < -0.3 is 14.3 Å². The van der Waals surface area contributed by atoms with E-state index < -0.39 is 5.97 Å². The molecule has 0 aliphatic carbocycles. The molecule has 0 spiro atoms. The van der Waals surface area contributed by atoms with Crippen LogP contribution in [0.15, 0.2) is 63.9 Å². The van der Waals surface area contributed by atoms with Gasteiger partial charge in [0.25, 0.3) is 0 Å². The highest BCUT2D eigenvalue weighted by atomic mass is 32.2. The molecule has 2 aromatic heterocycles. The van der Waals surface area contributed by atoms with E-state index in [1.807, 2.05) is 31.2 Å². The molecule has 3 aromatic rings. The largest absolute Gasteiger partial charge is 0.490 e. The molecule has 2 heterocycles. The monoisotopic (exact) mass is 398 g/mol. The molecule has 0 atom stereocenters. The third-order valence-corrected chi connectivity index (χ3v) is 4.49. The molecule has 9 heteroatoms. The van der Waals surface area contributed by atoms with Gasteiger partial charge in [-0.1, -0.05) is 36.5 Å². The van der Waals surface area contributed by atoms with E-state index in [1.54, 1.807) is 24.6 Å². The Morgan fingerprint density at radius 3 is 3.00 bits per heavy atom. The maximum atomic E-state index is 10.9. The lowest BCUT2D eigenvalue weighted by molar-refractivity contribution is -0.133. The summed E-state index contributed by atoms with van der Waals surface area (Å²) in [6.45, 7) is 5.85. The molecule has 0 aliphatic heterocycles. The number of rotatable bonds is 9. The van der Waals surface area contributed by atoms with Crippen molar-refractivity contribution in [1.29, 1.82) is 0 Å². The van der Waals surface area contributed by atoms with Crippen LogP contribution in [0.3, 0.4) is 0 Å². The van der Waals surface area contributed by atoms with Crippen molar-refractivity contribution in [2.45, 2.75) is 12.1 Å². The predicted octanol–water partition coefficient (Wildman–Crippen LogP) is 3.47.